The number of aliphatic hydroxyl groups is 1. The first-order chi connectivity index (χ1) is 15.5. The maximum atomic E-state index is 13.5. The van der Waals surface area contributed by atoms with E-state index < -0.39 is 16.7 Å². The Kier molecular flexibility index (Phi) is 11.1. The average molecular weight is 467 g/mol. The maximum absolute atomic E-state index is 13.5. The molecule has 1 aromatic carbocycles. The number of benzene rings is 1. The van der Waals surface area contributed by atoms with Crippen molar-refractivity contribution in [2.45, 2.75) is 50.0 Å². The number of alkyl halides is 1. The molecule has 32 heavy (non-hydrogen) atoms. The van der Waals surface area contributed by atoms with Crippen molar-refractivity contribution in [1.82, 2.24) is 4.31 Å². The molecule has 6 nitrogen and oxygen atoms in total. The zero-order valence-electron chi connectivity index (χ0n) is 19.0. The lowest BCUT2D eigenvalue weighted by atomic mass is 9.85. The van der Waals surface area contributed by atoms with Crippen molar-refractivity contribution in [2.24, 2.45) is 10.9 Å². The number of allylic oxidation sites excluding steroid dienone is 1. The quantitative estimate of drug-likeness (QED) is 0.302. The minimum atomic E-state index is -3.72. The first-order valence-corrected chi connectivity index (χ1v) is 12.6. The molecule has 1 N–H and O–H groups in total. The summed E-state index contributed by atoms with van der Waals surface area (Å²) in [6, 6.07) is 8.16. The van der Waals surface area contributed by atoms with E-state index in [0.29, 0.717) is 24.4 Å². The lowest BCUT2D eigenvalue weighted by molar-refractivity contribution is 0.113. The number of rotatable bonds is 11. The lowest BCUT2D eigenvalue weighted by Gasteiger charge is -2.38. The molecule has 1 aliphatic rings. The molecule has 1 aromatic rings. The number of halogens is 1. The molecule has 1 saturated carbocycles. The van der Waals surface area contributed by atoms with Gasteiger partial charge in [-0.15, -0.1) is 0 Å². The molecule has 0 heterocycles. The van der Waals surface area contributed by atoms with Gasteiger partial charge in [0.25, 0.3) is 0 Å². The van der Waals surface area contributed by atoms with Crippen molar-refractivity contribution in [2.75, 3.05) is 33.5 Å². The fraction of sp³-hybridized carbons (Fsp3) is 0.542. The molecule has 2 rings (SSSR count). The molecule has 0 bridgehead atoms. The van der Waals surface area contributed by atoms with E-state index in [-0.39, 0.29) is 30.0 Å². The van der Waals surface area contributed by atoms with Gasteiger partial charge in [0.05, 0.1) is 12.0 Å². The SMILES string of the molecule is CCN=C(OC)C(/C=C\CCN(C1CCCCC1CO)S(=O)(=O)c1ccccc1)=C/CF. The zero-order chi connectivity index (χ0) is 23.4. The second kappa shape index (κ2) is 13.5. The summed E-state index contributed by atoms with van der Waals surface area (Å²) in [5.74, 6) is 0.271. The molecule has 0 spiro atoms. The Labute approximate surface area is 191 Å². The molecule has 8 heteroatoms. The van der Waals surface area contributed by atoms with E-state index in [9.17, 15) is 17.9 Å². The summed E-state index contributed by atoms with van der Waals surface area (Å²) in [6.45, 7) is 1.96. The summed E-state index contributed by atoms with van der Waals surface area (Å²) in [4.78, 5) is 4.47. The van der Waals surface area contributed by atoms with E-state index in [1.54, 1.807) is 40.7 Å². The van der Waals surface area contributed by atoms with E-state index in [4.69, 9.17) is 4.74 Å². The fourth-order valence-electron chi connectivity index (χ4n) is 4.11. The summed E-state index contributed by atoms with van der Waals surface area (Å²) in [5.41, 5.74) is 0.528. The first-order valence-electron chi connectivity index (χ1n) is 11.2. The van der Waals surface area contributed by atoms with Crippen LogP contribution in [0.4, 0.5) is 4.39 Å². The molecule has 0 amide bonds. The third-order valence-corrected chi connectivity index (χ3v) is 7.61. The first kappa shape index (κ1) is 26.2. The third kappa shape index (κ3) is 6.98. The summed E-state index contributed by atoms with van der Waals surface area (Å²) in [7, 11) is -2.23. The van der Waals surface area contributed by atoms with Gasteiger partial charge < -0.3 is 9.84 Å². The second-order valence-corrected chi connectivity index (χ2v) is 9.60. The molecule has 0 radical (unpaired) electrons. The van der Waals surface area contributed by atoms with Gasteiger partial charge in [-0.2, -0.15) is 4.31 Å². The van der Waals surface area contributed by atoms with E-state index in [1.807, 2.05) is 13.0 Å². The van der Waals surface area contributed by atoms with Crippen LogP contribution in [0.5, 0.6) is 0 Å². The molecule has 2 atom stereocenters. The van der Waals surface area contributed by atoms with Crippen molar-refractivity contribution in [3.05, 3.63) is 54.1 Å². The molecule has 178 valence electrons. The summed E-state index contributed by atoms with van der Waals surface area (Å²) >= 11 is 0. The molecule has 0 aromatic heterocycles. The van der Waals surface area contributed by atoms with Gasteiger partial charge in [0.1, 0.15) is 6.67 Å². The van der Waals surface area contributed by atoms with E-state index in [1.165, 1.54) is 13.2 Å². The number of aliphatic hydroxyl groups excluding tert-OH is 1. The molecular formula is C24H35FN2O4S. The highest BCUT2D eigenvalue weighted by molar-refractivity contribution is 7.89. The Hall–Kier alpha value is -2.03. The molecule has 1 aliphatic carbocycles. The van der Waals surface area contributed by atoms with Crippen LogP contribution in [0.15, 0.2) is 64.0 Å². The predicted octanol–water partition coefficient (Wildman–Crippen LogP) is 4.14. The zero-order valence-corrected chi connectivity index (χ0v) is 19.8. The van der Waals surface area contributed by atoms with Crippen molar-refractivity contribution in [3.63, 3.8) is 0 Å². The van der Waals surface area contributed by atoms with Gasteiger partial charge in [0.15, 0.2) is 0 Å². The molecular weight excluding hydrogens is 431 g/mol. The highest BCUT2D eigenvalue weighted by Crippen LogP contribution is 2.32. The Bertz CT molecular complexity index is 885. The van der Waals surface area contributed by atoms with Gasteiger partial charge in [-0.1, -0.05) is 43.2 Å². The smallest absolute Gasteiger partial charge is 0.243 e. The van der Waals surface area contributed by atoms with Crippen LogP contribution in [-0.4, -0.2) is 63.2 Å². The summed E-state index contributed by atoms with van der Waals surface area (Å²) in [6.07, 6.45) is 8.83. The minimum absolute atomic E-state index is 0.0324. The van der Waals surface area contributed by atoms with Crippen molar-refractivity contribution < 1.29 is 22.7 Å². The van der Waals surface area contributed by atoms with Crippen LogP contribution in [0.1, 0.15) is 39.0 Å². The van der Waals surface area contributed by atoms with E-state index in [2.05, 4.69) is 4.99 Å². The number of methoxy groups -OCH3 is 1. The Morgan fingerprint density at radius 2 is 2.00 bits per heavy atom. The van der Waals surface area contributed by atoms with E-state index >= 15 is 0 Å². The van der Waals surface area contributed by atoms with Crippen molar-refractivity contribution >= 4 is 15.9 Å². The largest absolute Gasteiger partial charge is 0.481 e. The normalized spacial score (nSPS) is 20.8. The predicted molar refractivity (Wildman–Crippen MR) is 126 cm³/mol. The van der Waals surface area contributed by atoms with Gasteiger partial charge in [-0.05, 0) is 50.3 Å². The molecule has 2 unspecified atom stereocenters. The maximum Gasteiger partial charge on any atom is 0.243 e. The van der Waals surface area contributed by atoms with Crippen LogP contribution in [0.2, 0.25) is 0 Å². The van der Waals surface area contributed by atoms with Gasteiger partial charge in [-0.25, -0.2) is 12.8 Å². The minimum Gasteiger partial charge on any atom is -0.481 e. The van der Waals surface area contributed by atoms with Crippen LogP contribution in [-0.2, 0) is 14.8 Å². The third-order valence-electron chi connectivity index (χ3n) is 5.68. The lowest BCUT2D eigenvalue weighted by Crippen LogP contribution is -2.47. The monoisotopic (exact) mass is 466 g/mol. The van der Waals surface area contributed by atoms with Crippen LogP contribution in [0.3, 0.4) is 0 Å². The number of hydrogen-bond donors (Lipinski definition) is 1. The number of aliphatic imine (C=N–C) groups is 1. The van der Waals surface area contributed by atoms with Gasteiger partial charge >= 0.3 is 0 Å². The van der Waals surface area contributed by atoms with Crippen LogP contribution in [0.25, 0.3) is 0 Å². The Morgan fingerprint density at radius 1 is 1.28 bits per heavy atom. The summed E-state index contributed by atoms with van der Waals surface area (Å²) < 4.78 is 46.7. The van der Waals surface area contributed by atoms with Crippen LogP contribution < -0.4 is 0 Å². The van der Waals surface area contributed by atoms with Gasteiger partial charge in [0, 0.05) is 31.3 Å². The number of hydrogen-bond acceptors (Lipinski definition) is 5. The topological polar surface area (TPSA) is 79.2 Å². The number of nitrogens with zero attached hydrogens (tertiary/aromatic N) is 2. The molecule has 0 saturated heterocycles. The van der Waals surface area contributed by atoms with Gasteiger partial charge in [-0.3, -0.25) is 4.99 Å². The second-order valence-electron chi connectivity index (χ2n) is 7.71. The number of sulfonamides is 1. The number of ether oxygens (including phenoxy) is 1. The molecule has 0 aliphatic heterocycles. The van der Waals surface area contributed by atoms with E-state index in [0.717, 1.165) is 25.7 Å². The standard InChI is InChI=1S/C24H35FN2O4S/c1-3-26-24(31-2)20(16-17-25)11-9-10-18-27(23-15-8-7-12-21(23)19-28)32(29,30)22-13-5-4-6-14-22/h4-6,9,11,13-14,16,21,23,28H,3,7-8,10,12,15,17-19H2,1-2H3/b11-9-,20-16+,26-24?. The molecule has 1 fully saturated rings. The fourth-order valence-corrected chi connectivity index (χ4v) is 5.86. The van der Waals surface area contributed by atoms with Crippen LogP contribution in [0, 0.1) is 5.92 Å². The van der Waals surface area contributed by atoms with Crippen LogP contribution >= 0.6 is 0 Å². The van der Waals surface area contributed by atoms with Crippen molar-refractivity contribution in [1.29, 1.82) is 0 Å². The summed E-state index contributed by atoms with van der Waals surface area (Å²) in [5, 5.41) is 9.88. The highest BCUT2D eigenvalue weighted by atomic mass is 32.2. The average Bonchev–Trinajstić information content (AvgIpc) is 2.82. The Balaban J connectivity index is 2.26. The highest BCUT2D eigenvalue weighted by Gasteiger charge is 2.36. The van der Waals surface area contributed by atoms with Gasteiger partial charge in [0.2, 0.25) is 15.9 Å². The Morgan fingerprint density at radius 3 is 2.62 bits per heavy atom. The van der Waals surface area contributed by atoms with Crippen molar-refractivity contribution in [3.8, 4) is 0 Å².